The molecular formula is C25H27NO6. The number of methoxy groups -OCH3 is 1. The lowest BCUT2D eigenvalue weighted by atomic mass is 9.95. The van der Waals surface area contributed by atoms with E-state index in [2.05, 4.69) is 6.58 Å². The number of rotatable bonds is 10. The summed E-state index contributed by atoms with van der Waals surface area (Å²) >= 11 is 0. The zero-order valence-corrected chi connectivity index (χ0v) is 18.2. The number of nitrogens with zero attached hydrogens (tertiary/aromatic N) is 1. The van der Waals surface area contributed by atoms with E-state index in [1.807, 2.05) is 6.92 Å². The lowest BCUT2D eigenvalue weighted by Gasteiger charge is -2.25. The predicted octanol–water partition coefficient (Wildman–Crippen LogP) is 3.72. The molecule has 1 saturated heterocycles. The number of Topliss-reactive ketones (excluding diaryl/α,β-unsaturated/α-hetero) is 1. The molecule has 0 aliphatic carbocycles. The van der Waals surface area contributed by atoms with Crippen molar-refractivity contribution in [2.75, 3.05) is 33.5 Å². The lowest BCUT2D eigenvalue weighted by Crippen LogP contribution is -2.32. The van der Waals surface area contributed by atoms with Gasteiger partial charge in [0, 0.05) is 19.2 Å². The number of likely N-dealkylation sites (tertiary alicyclic amines) is 1. The van der Waals surface area contributed by atoms with Crippen LogP contribution in [0.1, 0.15) is 24.1 Å². The number of aliphatic hydroxyl groups is 1. The third-order valence-corrected chi connectivity index (χ3v) is 5.06. The molecule has 2 aromatic rings. The van der Waals surface area contributed by atoms with E-state index in [1.165, 1.54) is 12.0 Å². The first-order chi connectivity index (χ1) is 15.5. The molecule has 0 radical (unpaired) electrons. The van der Waals surface area contributed by atoms with Crippen molar-refractivity contribution in [3.05, 3.63) is 77.9 Å². The van der Waals surface area contributed by atoms with Gasteiger partial charge in [0.05, 0.1) is 24.8 Å². The molecule has 1 aliphatic heterocycles. The van der Waals surface area contributed by atoms with Crippen LogP contribution in [0.4, 0.5) is 0 Å². The van der Waals surface area contributed by atoms with Crippen LogP contribution in [0.25, 0.3) is 5.76 Å². The molecule has 1 N–H and O–H groups in total. The molecule has 0 aromatic heterocycles. The number of carbonyl (C=O) groups excluding carboxylic acids is 2. The molecule has 7 nitrogen and oxygen atoms in total. The minimum Gasteiger partial charge on any atom is -0.507 e. The summed E-state index contributed by atoms with van der Waals surface area (Å²) in [5.74, 6) is -0.449. The van der Waals surface area contributed by atoms with Crippen LogP contribution in [0.3, 0.4) is 0 Å². The Morgan fingerprint density at radius 1 is 1.12 bits per heavy atom. The predicted molar refractivity (Wildman–Crippen MR) is 121 cm³/mol. The Labute approximate surface area is 187 Å². The SMILES string of the molecule is C=CCOc1cccc(C2/C(=C(/O)c3ccc(OCC)cc3)C(=O)C(=O)N2CCOC)c1. The van der Waals surface area contributed by atoms with Gasteiger partial charge in [0.15, 0.2) is 0 Å². The second-order valence-corrected chi connectivity index (χ2v) is 7.11. The van der Waals surface area contributed by atoms with Crippen molar-refractivity contribution in [3.63, 3.8) is 0 Å². The molecule has 3 rings (SSSR count). The third-order valence-electron chi connectivity index (χ3n) is 5.06. The highest BCUT2D eigenvalue weighted by Gasteiger charge is 2.46. The highest BCUT2D eigenvalue weighted by Crippen LogP contribution is 2.40. The molecular weight excluding hydrogens is 410 g/mol. The van der Waals surface area contributed by atoms with Crippen LogP contribution in [0.15, 0.2) is 66.8 Å². The first kappa shape index (κ1) is 23.1. The second kappa shape index (κ2) is 10.6. The van der Waals surface area contributed by atoms with Crippen LogP contribution >= 0.6 is 0 Å². The molecule has 1 amide bonds. The molecule has 1 aliphatic rings. The normalized spacial score (nSPS) is 17.4. The van der Waals surface area contributed by atoms with Crippen LogP contribution in [0, 0.1) is 0 Å². The number of benzene rings is 2. The van der Waals surface area contributed by atoms with Crippen molar-refractivity contribution in [3.8, 4) is 11.5 Å². The Balaban J connectivity index is 2.09. The first-order valence-electron chi connectivity index (χ1n) is 10.4. The summed E-state index contributed by atoms with van der Waals surface area (Å²) in [6.07, 6.45) is 1.63. The van der Waals surface area contributed by atoms with Crippen LogP contribution in [-0.4, -0.2) is 55.2 Å². The van der Waals surface area contributed by atoms with Gasteiger partial charge in [-0.25, -0.2) is 0 Å². The molecule has 1 atom stereocenters. The summed E-state index contributed by atoms with van der Waals surface area (Å²) in [7, 11) is 1.52. The molecule has 1 fully saturated rings. The van der Waals surface area contributed by atoms with Crippen LogP contribution in [0.5, 0.6) is 11.5 Å². The van der Waals surface area contributed by atoms with Crippen molar-refractivity contribution < 1.29 is 28.9 Å². The molecule has 32 heavy (non-hydrogen) atoms. The Hall–Kier alpha value is -3.58. The fraction of sp³-hybridized carbons (Fsp3) is 0.280. The van der Waals surface area contributed by atoms with Crippen molar-refractivity contribution in [1.82, 2.24) is 4.90 Å². The van der Waals surface area contributed by atoms with E-state index in [0.717, 1.165) is 0 Å². The molecule has 168 valence electrons. The van der Waals surface area contributed by atoms with Gasteiger partial charge >= 0.3 is 0 Å². The number of carbonyl (C=O) groups is 2. The van der Waals surface area contributed by atoms with Gasteiger partial charge in [0.2, 0.25) is 0 Å². The maximum absolute atomic E-state index is 13.0. The third kappa shape index (κ3) is 4.84. The van der Waals surface area contributed by atoms with Gasteiger partial charge in [-0.1, -0.05) is 24.8 Å². The number of hydrogen-bond acceptors (Lipinski definition) is 6. The average molecular weight is 437 g/mol. The average Bonchev–Trinajstić information content (AvgIpc) is 3.06. The smallest absolute Gasteiger partial charge is 0.295 e. The summed E-state index contributed by atoms with van der Waals surface area (Å²) < 4.78 is 16.2. The Morgan fingerprint density at radius 2 is 1.88 bits per heavy atom. The first-order valence-corrected chi connectivity index (χ1v) is 10.4. The van der Waals surface area contributed by atoms with Gasteiger partial charge in [-0.05, 0) is 48.9 Å². The van der Waals surface area contributed by atoms with E-state index in [4.69, 9.17) is 14.2 Å². The van der Waals surface area contributed by atoms with Crippen molar-refractivity contribution in [2.45, 2.75) is 13.0 Å². The highest BCUT2D eigenvalue weighted by molar-refractivity contribution is 6.46. The fourth-order valence-electron chi connectivity index (χ4n) is 3.61. The fourth-order valence-corrected chi connectivity index (χ4v) is 3.61. The summed E-state index contributed by atoms with van der Waals surface area (Å²) in [4.78, 5) is 27.2. The molecule has 0 bridgehead atoms. The Bertz CT molecular complexity index is 1010. The molecule has 2 aromatic carbocycles. The van der Waals surface area contributed by atoms with E-state index in [0.29, 0.717) is 35.8 Å². The maximum atomic E-state index is 13.0. The minimum atomic E-state index is -0.774. The number of aliphatic hydroxyl groups excluding tert-OH is 1. The largest absolute Gasteiger partial charge is 0.507 e. The van der Waals surface area contributed by atoms with Gasteiger partial charge in [-0.3, -0.25) is 9.59 Å². The van der Waals surface area contributed by atoms with E-state index in [1.54, 1.807) is 54.6 Å². The van der Waals surface area contributed by atoms with Crippen molar-refractivity contribution in [1.29, 1.82) is 0 Å². The molecule has 7 heteroatoms. The van der Waals surface area contributed by atoms with Crippen LogP contribution in [0.2, 0.25) is 0 Å². The van der Waals surface area contributed by atoms with Crippen molar-refractivity contribution in [2.24, 2.45) is 0 Å². The standard InChI is InChI=1S/C25H27NO6/c1-4-14-32-20-8-6-7-18(16-20)22-21(24(28)25(29)26(22)13-15-30-3)23(27)17-9-11-19(12-10-17)31-5-2/h4,6-12,16,22,27H,1,5,13-15H2,2-3H3/b23-21-. The summed E-state index contributed by atoms with van der Waals surface area (Å²) in [6.45, 7) is 6.80. The Morgan fingerprint density at radius 3 is 2.53 bits per heavy atom. The number of ketones is 1. The van der Waals surface area contributed by atoms with Gasteiger partial charge in [0.1, 0.15) is 23.9 Å². The summed E-state index contributed by atoms with van der Waals surface area (Å²) in [5, 5.41) is 11.1. The molecule has 1 heterocycles. The number of amides is 1. The van der Waals surface area contributed by atoms with Gasteiger partial charge < -0.3 is 24.2 Å². The van der Waals surface area contributed by atoms with Gasteiger partial charge in [-0.15, -0.1) is 0 Å². The van der Waals surface area contributed by atoms with Crippen LogP contribution < -0.4 is 9.47 Å². The highest BCUT2D eigenvalue weighted by atomic mass is 16.5. The van der Waals surface area contributed by atoms with Gasteiger partial charge in [0.25, 0.3) is 11.7 Å². The zero-order chi connectivity index (χ0) is 23.1. The summed E-state index contributed by atoms with van der Waals surface area (Å²) in [6, 6.07) is 13.1. The minimum absolute atomic E-state index is 0.0242. The number of ether oxygens (including phenoxy) is 3. The van der Waals surface area contributed by atoms with E-state index in [-0.39, 0.29) is 24.5 Å². The van der Waals surface area contributed by atoms with E-state index >= 15 is 0 Å². The molecule has 1 unspecified atom stereocenters. The molecule has 0 spiro atoms. The van der Waals surface area contributed by atoms with E-state index in [9.17, 15) is 14.7 Å². The Kier molecular flexibility index (Phi) is 7.68. The van der Waals surface area contributed by atoms with Crippen molar-refractivity contribution >= 4 is 17.4 Å². The summed E-state index contributed by atoms with van der Waals surface area (Å²) in [5.41, 5.74) is 1.09. The lowest BCUT2D eigenvalue weighted by molar-refractivity contribution is -0.140. The quantitative estimate of drug-likeness (QED) is 0.264. The number of hydrogen-bond donors (Lipinski definition) is 1. The molecule has 0 saturated carbocycles. The van der Waals surface area contributed by atoms with Crippen LogP contribution in [-0.2, 0) is 14.3 Å². The monoisotopic (exact) mass is 437 g/mol. The topological polar surface area (TPSA) is 85.3 Å². The maximum Gasteiger partial charge on any atom is 0.295 e. The second-order valence-electron chi connectivity index (χ2n) is 7.11. The van der Waals surface area contributed by atoms with E-state index < -0.39 is 17.7 Å². The van der Waals surface area contributed by atoms with Gasteiger partial charge in [-0.2, -0.15) is 0 Å². The zero-order valence-electron chi connectivity index (χ0n) is 18.2.